The van der Waals surface area contributed by atoms with Gasteiger partial charge >= 0.3 is 5.97 Å². The number of rotatable bonds is 6. The van der Waals surface area contributed by atoms with Crippen molar-refractivity contribution in [3.8, 4) is 0 Å². The molecule has 7 heteroatoms. The lowest BCUT2D eigenvalue weighted by molar-refractivity contribution is -0.150. The highest BCUT2D eigenvalue weighted by Gasteiger charge is 2.41. The molecule has 0 spiro atoms. The minimum atomic E-state index is -0.760. The van der Waals surface area contributed by atoms with E-state index >= 15 is 0 Å². The number of ether oxygens (including phenoxy) is 2. The number of methoxy groups -OCH3 is 1. The van der Waals surface area contributed by atoms with Gasteiger partial charge in [-0.2, -0.15) is 0 Å². The second-order valence-corrected chi connectivity index (χ2v) is 7.18. The van der Waals surface area contributed by atoms with E-state index < -0.39 is 12.0 Å². The smallest absolute Gasteiger partial charge is 0.329 e. The molecule has 2 aromatic rings. The summed E-state index contributed by atoms with van der Waals surface area (Å²) in [5.41, 5.74) is 1.39. The fourth-order valence-corrected chi connectivity index (χ4v) is 3.24. The van der Waals surface area contributed by atoms with E-state index in [1.807, 2.05) is 0 Å². The third kappa shape index (κ3) is 4.61. The average molecular weight is 408 g/mol. The number of carbonyl (C=O) groups excluding carboxylic acids is 2. The molecule has 0 N–H and O–H groups in total. The first kappa shape index (κ1) is 19.7. The molecule has 1 saturated heterocycles. The quantitative estimate of drug-likeness (QED) is 0.684. The van der Waals surface area contributed by atoms with Gasteiger partial charge in [0.15, 0.2) is 0 Å². The van der Waals surface area contributed by atoms with Gasteiger partial charge in [0, 0.05) is 21.7 Å². The van der Waals surface area contributed by atoms with Gasteiger partial charge < -0.3 is 9.47 Å². The minimum absolute atomic E-state index is 0.123. The molecule has 3 rings (SSSR count). The van der Waals surface area contributed by atoms with E-state index in [0.717, 1.165) is 5.56 Å². The van der Waals surface area contributed by atoms with Crippen molar-refractivity contribution in [2.45, 2.75) is 12.5 Å². The Balaban J connectivity index is 1.94. The molecule has 27 heavy (non-hydrogen) atoms. The summed E-state index contributed by atoms with van der Waals surface area (Å²) in [5.74, 6) is -0.813. The average Bonchev–Trinajstić information content (AvgIpc) is 2.62. The van der Waals surface area contributed by atoms with E-state index in [0.29, 0.717) is 28.9 Å². The van der Waals surface area contributed by atoms with Crippen molar-refractivity contribution in [3.05, 3.63) is 64.1 Å². The van der Waals surface area contributed by atoms with Gasteiger partial charge in [-0.05, 0) is 42.0 Å². The maximum atomic E-state index is 13.2. The van der Waals surface area contributed by atoms with Crippen LogP contribution in [0.25, 0.3) is 0 Å². The van der Waals surface area contributed by atoms with E-state index in [9.17, 15) is 9.59 Å². The van der Waals surface area contributed by atoms with E-state index in [2.05, 4.69) is 0 Å². The summed E-state index contributed by atoms with van der Waals surface area (Å²) in [4.78, 5) is 27.2. The number of esters is 1. The lowest BCUT2D eigenvalue weighted by Gasteiger charge is -2.39. The molecule has 1 amide bonds. The number of hydrogen-bond acceptors (Lipinski definition) is 4. The zero-order valence-corrected chi connectivity index (χ0v) is 16.2. The first-order chi connectivity index (χ1) is 13.0. The molecule has 0 saturated carbocycles. The van der Waals surface area contributed by atoms with Crippen LogP contribution in [0.2, 0.25) is 10.0 Å². The van der Waals surface area contributed by atoms with Crippen LogP contribution in [-0.2, 0) is 25.5 Å². The number of hydrogen-bond donors (Lipinski definition) is 0. The van der Waals surface area contributed by atoms with Crippen LogP contribution in [0.4, 0.5) is 5.69 Å². The van der Waals surface area contributed by atoms with Gasteiger partial charge in [-0.1, -0.05) is 35.3 Å². The number of benzene rings is 2. The number of carbonyl (C=O) groups is 2. The van der Waals surface area contributed by atoms with Crippen molar-refractivity contribution in [1.29, 1.82) is 0 Å². The fraction of sp³-hybridized carbons (Fsp3) is 0.300. The Hall–Kier alpha value is -2.08. The van der Waals surface area contributed by atoms with Crippen LogP contribution in [0.5, 0.6) is 0 Å². The van der Waals surface area contributed by atoms with Gasteiger partial charge in [0.25, 0.3) is 0 Å². The summed E-state index contributed by atoms with van der Waals surface area (Å²) in [6.45, 7) is 0.802. The minimum Gasteiger partial charge on any atom is -0.467 e. The summed E-state index contributed by atoms with van der Waals surface area (Å²) in [5, 5.41) is 1.14. The van der Waals surface area contributed by atoms with Gasteiger partial charge in [-0.25, -0.2) is 4.79 Å². The normalized spacial score (nSPS) is 14.9. The van der Waals surface area contributed by atoms with Crippen molar-refractivity contribution in [3.63, 3.8) is 0 Å². The largest absolute Gasteiger partial charge is 0.467 e. The molecule has 1 heterocycles. The predicted octanol–water partition coefficient (Wildman–Crippen LogP) is 3.76. The van der Waals surface area contributed by atoms with Gasteiger partial charge in [-0.3, -0.25) is 9.69 Å². The lowest BCUT2D eigenvalue weighted by atomic mass is 9.95. The molecule has 142 valence electrons. The van der Waals surface area contributed by atoms with Crippen LogP contribution in [0.1, 0.15) is 5.56 Å². The first-order valence-electron chi connectivity index (χ1n) is 8.47. The standard InChI is InChI=1S/C20H19Cl2NO4/c1-26-20(25)19(14-11-27-12-14)23(17-8-6-16(22)7-9-17)18(24)10-13-2-4-15(21)5-3-13/h2-9,14,19H,10-12H2,1H3. The molecule has 1 atom stereocenters. The molecule has 1 unspecified atom stereocenters. The van der Waals surface area contributed by atoms with Crippen molar-refractivity contribution in [1.82, 2.24) is 0 Å². The van der Waals surface area contributed by atoms with Crippen LogP contribution < -0.4 is 4.90 Å². The summed E-state index contributed by atoms with van der Waals surface area (Å²) < 4.78 is 10.2. The Morgan fingerprint density at radius 2 is 1.63 bits per heavy atom. The lowest BCUT2D eigenvalue weighted by Crippen LogP contribution is -2.56. The van der Waals surface area contributed by atoms with Crippen LogP contribution in [0.15, 0.2) is 48.5 Å². The highest BCUT2D eigenvalue weighted by atomic mass is 35.5. The number of anilines is 1. The summed E-state index contributed by atoms with van der Waals surface area (Å²) in [6.07, 6.45) is 0.126. The highest BCUT2D eigenvalue weighted by molar-refractivity contribution is 6.30. The molecular formula is C20H19Cl2NO4. The second kappa shape index (κ2) is 8.74. The Morgan fingerprint density at radius 3 is 2.11 bits per heavy atom. The summed E-state index contributed by atoms with van der Waals surface area (Å²) >= 11 is 11.9. The predicted molar refractivity (Wildman–Crippen MR) is 104 cm³/mol. The third-order valence-electron chi connectivity index (χ3n) is 4.47. The van der Waals surface area contributed by atoms with E-state index in [1.54, 1.807) is 48.5 Å². The van der Waals surface area contributed by atoms with Gasteiger partial charge in [0.2, 0.25) is 5.91 Å². The maximum absolute atomic E-state index is 13.2. The molecule has 5 nitrogen and oxygen atoms in total. The van der Waals surface area contributed by atoms with Crippen molar-refractivity contribution < 1.29 is 19.1 Å². The molecule has 1 aliphatic rings. The van der Waals surface area contributed by atoms with Crippen LogP contribution >= 0.6 is 23.2 Å². The second-order valence-electron chi connectivity index (χ2n) is 6.31. The van der Waals surface area contributed by atoms with Crippen LogP contribution in [-0.4, -0.2) is 38.2 Å². The summed E-state index contributed by atoms with van der Waals surface area (Å²) in [6, 6.07) is 13.1. The maximum Gasteiger partial charge on any atom is 0.329 e. The Kier molecular flexibility index (Phi) is 6.37. The third-order valence-corrected chi connectivity index (χ3v) is 4.98. The van der Waals surface area contributed by atoms with Gasteiger partial charge in [0.1, 0.15) is 6.04 Å². The van der Waals surface area contributed by atoms with Crippen LogP contribution in [0.3, 0.4) is 0 Å². The van der Waals surface area contributed by atoms with Crippen molar-refractivity contribution in [2.24, 2.45) is 5.92 Å². The Morgan fingerprint density at radius 1 is 1.07 bits per heavy atom. The number of amides is 1. The van der Waals surface area contributed by atoms with E-state index in [4.69, 9.17) is 32.7 Å². The molecule has 0 bridgehead atoms. The van der Waals surface area contributed by atoms with E-state index in [-0.39, 0.29) is 18.2 Å². The Bertz CT molecular complexity index is 804. The fourth-order valence-electron chi connectivity index (χ4n) is 2.99. The topological polar surface area (TPSA) is 55.8 Å². The van der Waals surface area contributed by atoms with Gasteiger partial charge in [0.05, 0.1) is 26.7 Å². The summed E-state index contributed by atoms with van der Waals surface area (Å²) in [7, 11) is 1.32. The molecular weight excluding hydrogens is 389 g/mol. The monoisotopic (exact) mass is 407 g/mol. The zero-order valence-electron chi connectivity index (χ0n) is 14.7. The first-order valence-corrected chi connectivity index (χ1v) is 9.23. The Labute approximate surface area is 167 Å². The SMILES string of the molecule is COC(=O)C(C1COC1)N(C(=O)Cc1ccc(Cl)cc1)c1ccc(Cl)cc1. The molecule has 2 aromatic carbocycles. The zero-order chi connectivity index (χ0) is 19.4. The van der Waals surface area contributed by atoms with Gasteiger partial charge in [-0.15, -0.1) is 0 Å². The van der Waals surface area contributed by atoms with Crippen molar-refractivity contribution in [2.75, 3.05) is 25.2 Å². The molecule has 0 radical (unpaired) electrons. The van der Waals surface area contributed by atoms with E-state index in [1.165, 1.54) is 12.0 Å². The molecule has 1 fully saturated rings. The van der Waals surface area contributed by atoms with Crippen molar-refractivity contribution >= 4 is 40.8 Å². The molecule has 1 aliphatic heterocycles. The highest BCUT2D eigenvalue weighted by Crippen LogP contribution is 2.28. The number of halogens is 2. The van der Waals surface area contributed by atoms with Crippen LogP contribution in [0, 0.1) is 5.92 Å². The molecule has 0 aromatic heterocycles. The number of nitrogens with zero attached hydrogens (tertiary/aromatic N) is 1. The molecule has 0 aliphatic carbocycles.